The topological polar surface area (TPSA) is 66.8 Å². The third kappa shape index (κ3) is 5.41. The van der Waals surface area contributed by atoms with E-state index < -0.39 is 28.9 Å². The van der Waals surface area contributed by atoms with Crippen molar-refractivity contribution in [3.05, 3.63) is 70.8 Å². The molecule has 0 aliphatic heterocycles. The van der Waals surface area contributed by atoms with Gasteiger partial charge in [-0.05, 0) is 69.2 Å². The van der Waals surface area contributed by atoms with Crippen molar-refractivity contribution in [2.75, 3.05) is 0 Å². The maximum Gasteiger partial charge on any atom is 0.416 e. The molecule has 0 saturated carbocycles. The standard InChI is InChI=1S/C23H23F3O4/c1-15(2)30-22(4,20(27)28)19-7-5-6-18(14-19)21(3,29)13-12-16-8-10-17(11-9-16)23(24,25)26/h5-11,14-15,29H,1-4H3,(H,27,28). The molecule has 0 aromatic heterocycles. The molecular formula is C23H23F3O4. The highest BCUT2D eigenvalue weighted by Crippen LogP contribution is 2.31. The lowest BCUT2D eigenvalue weighted by atomic mass is 9.89. The highest BCUT2D eigenvalue weighted by atomic mass is 19.4. The van der Waals surface area contributed by atoms with Gasteiger partial charge in [0.1, 0.15) is 5.60 Å². The van der Waals surface area contributed by atoms with E-state index in [0.717, 1.165) is 12.1 Å². The minimum absolute atomic E-state index is 0.304. The summed E-state index contributed by atoms with van der Waals surface area (Å²) in [7, 11) is 0. The van der Waals surface area contributed by atoms with Gasteiger partial charge in [-0.3, -0.25) is 0 Å². The SMILES string of the molecule is CC(C)OC(C)(C(=O)O)c1cccc(C(C)(O)C#Cc2ccc(C(F)(F)F)cc2)c1. The van der Waals surface area contributed by atoms with E-state index in [9.17, 15) is 28.2 Å². The minimum atomic E-state index is -4.44. The highest BCUT2D eigenvalue weighted by Gasteiger charge is 2.38. The molecule has 0 radical (unpaired) electrons. The van der Waals surface area contributed by atoms with E-state index >= 15 is 0 Å². The number of carboxylic acids is 1. The van der Waals surface area contributed by atoms with Gasteiger partial charge < -0.3 is 14.9 Å². The number of halogens is 3. The van der Waals surface area contributed by atoms with Crippen molar-refractivity contribution >= 4 is 5.97 Å². The Bertz CT molecular complexity index is 966. The van der Waals surface area contributed by atoms with Crippen molar-refractivity contribution in [3.63, 3.8) is 0 Å². The fraction of sp³-hybridized carbons (Fsp3) is 0.348. The lowest BCUT2D eigenvalue weighted by molar-refractivity contribution is -0.170. The summed E-state index contributed by atoms with van der Waals surface area (Å²) in [6.07, 6.45) is -4.79. The first-order chi connectivity index (χ1) is 13.8. The summed E-state index contributed by atoms with van der Waals surface area (Å²) >= 11 is 0. The molecule has 30 heavy (non-hydrogen) atoms. The van der Waals surface area contributed by atoms with Gasteiger partial charge in [-0.15, -0.1) is 0 Å². The predicted octanol–water partition coefficient (Wildman–Crippen LogP) is 4.69. The minimum Gasteiger partial charge on any atom is -0.479 e. The monoisotopic (exact) mass is 420 g/mol. The molecule has 0 heterocycles. The number of hydrogen-bond acceptors (Lipinski definition) is 3. The molecule has 2 unspecified atom stereocenters. The third-order valence-corrected chi connectivity index (χ3v) is 4.52. The number of alkyl halides is 3. The highest BCUT2D eigenvalue weighted by molar-refractivity contribution is 5.79. The van der Waals surface area contributed by atoms with E-state index in [0.29, 0.717) is 16.7 Å². The average molecular weight is 420 g/mol. The van der Waals surface area contributed by atoms with Crippen LogP contribution >= 0.6 is 0 Å². The molecule has 0 aliphatic carbocycles. The van der Waals surface area contributed by atoms with E-state index in [4.69, 9.17) is 4.74 Å². The molecular weight excluding hydrogens is 397 g/mol. The number of carboxylic acid groups (broad SMARTS) is 1. The van der Waals surface area contributed by atoms with Crippen molar-refractivity contribution in [1.29, 1.82) is 0 Å². The van der Waals surface area contributed by atoms with Crippen LogP contribution in [0, 0.1) is 11.8 Å². The van der Waals surface area contributed by atoms with Crippen molar-refractivity contribution in [1.82, 2.24) is 0 Å². The Kier molecular flexibility index (Phi) is 6.65. The first kappa shape index (κ1) is 23.5. The Morgan fingerprint density at radius 2 is 1.57 bits per heavy atom. The Labute approximate surface area is 173 Å². The number of aliphatic hydroxyl groups is 1. The van der Waals surface area contributed by atoms with Crippen LogP contribution in [0.5, 0.6) is 0 Å². The first-order valence-electron chi connectivity index (χ1n) is 9.21. The van der Waals surface area contributed by atoms with Crippen LogP contribution in [-0.4, -0.2) is 22.3 Å². The zero-order valence-electron chi connectivity index (χ0n) is 17.0. The van der Waals surface area contributed by atoms with Crippen molar-refractivity contribution in [2.24, 2.45) is 0 Å². The van der Waals surface area contributed by atoms with Crippen LogP contribution < -0.4 is 0 Å². The van der Waals surface area contributed by atoms with Crippen LogP contribution in [0.3, 0.4) is 0 Å². The second-order valence-electron chi connectivity index (χ2n) is 7.48. The van der Waals surface area contributed by atoms with E-state index in [1.54, 1.807) is 32.0 Å². The molecule has 2 aromatic carbocycles. The largest absolute Gasteiger partial charge is 0.479 e. The molecule has 0 spiro atoms. The van der Waals surface area contributed by atoms with Crippen LogP contribution in [0.2, 0.25) is 0 Å². The van der Waals surface area contributed by atoms with Gasteiger partial charge in [0.25, 0.3) is 0 Å². The van der Waals surface area contributed by atoms with Gasteiger partial charge in [-0.2, -0.15) is 13.2 Å². The third-order valence-electron chi connectivity index (χ3n) is 4.52. The van der Waals surface area contributed by atoms with Crippen molar-refractivity contribution < 1.29 is 32.9 Å². The fourth-order valence-electron chi connectivity index (χ4n) is 2.84. The Hall–Kier alpha value is -2.82. The predicted molar refractivity (Wildman–Crippen MR) is 106 cm³/mol. The molecule has 0 saturated heterocycles. The fourth-order valence-corrected chi connectivity index (χ4v) is 2.84. The van der Waals surface area contributed by atoms with Gasteiger partial charge in [0.05, 0.1) is 11.7 Å². The smallest absolute Gasteiger partial charge is 0.416 e. The maximum atomic E-state index is 12.7. The van der Waals surface area contributed by atoms with Crippen LogP contribution in [0.4, 0.5) is 13.2 Å². The second kappa shape index (κ2) is 8.50. The van der Waals surface area contributed by atoms with E-state index in [2.05, 4.69) is 11.8 Å². The number of hydrogen-bond donors (Lipinski definition) is 2. The van der Waals surface area contributed by atoms with Gasteiger partial charge in [0.15, 0.2) is 5.60 Å². The van der Waals surface area contributed by atoms with E-state index in [-0.39, 0.29) is 6.10 Å². The molecule has 0 aliphatic rings. The number of carbonyl (C=O) groups is 1. The van der Waals surface area contributed by atoms with E-state index in [1.807, 2.05) is 0 Å². The molecule has 7 heteroatoms. The number of rotatable bonds is 5. The molecule has 2 aromatic rings. The maximum absolute atomic E-state index is 12.7. The Morgan fingerprint density at radius 3 is 2.07 bits per heavy atom. The average Bonchev–Trinajstić information content (AvgIpc) is 2.65. The summed E-state index contributed by atoms with van der Waals surface area (Å²) in [6, 6.07) is 10.5. The number of benzene rings is 2. The van der Waals surface area contributed by atoms with Gasteiger partial charge >= 0.3 is 12.1 Å². The van der Waals surface area contributed by atoms with Crippen molar-refractivity contribution in [3.8, 4) is 11.8 Å². The molecule has 2 atom stereocenters. The van der Waals surface area contributed by atoms with Gasteiger partial charge in [0.2, 0.25) is 0 Å². The molecule has 0 amide bonds. The molecule has 4 nitrogen and oxygen atoms in total. The number of aliphatic carboxylic acids is 1. The lowest BCUT2D eigenvalue weighted by Gasteiger charge is -2.29. The number of ether oxygens (including phenoxy) is 1. The molecule has 2 N–H and O–H groups in total. The summed E-state index contributed by atoms with van der Waals surface area (Å²) in [4.78, 5) is 11.8. The van der Waals surface area contributed by atoms with Crippen molar-refractivity contribution in [2.45, 2.75) is 51.2 Å². The summed E-state index contributed by atoms with van der Waals surface area (Å²) < 4.78 is 43.6. The van der Waals surface area contributed by atoms with E-state index in [1.165, 1.54) is 32.0 Å². The first-order valence-corrected chi connectivity index (χ1v) is 9.21. The lowest BCUT2D eigenvalue weighted by Crippen LogP contribution is -2.38. The van der Waals surface area contributed by atoms with Crippen LogP contribution in [0.1, 0.15) is 49.9 Å². The normalized spacial score (nSPS) is 15.6. The summed E-state index contributed by atoms with van der Waals surface area (Å²) in [5, 5.41) is 20.5. The second-order valence-corrected chi connectivity index (χ2v) is 7.48. The van der Waals surface area contributed by atoms with Crippen LogP contribution in [0.15, 0.2) is 48.5 Å². The quantitative estimate of drug-likeness (QED) is 0.689. The molecule has 2 rings (SSSR count). The summed E-state index contributed by atoms with van der Waals surface area (Å²) in [5.41, 5.74) is -3.11. The zero-order chi connectivity index (χ0) is 22.7. The Morgan fingerprint density at radius 1 is 1.00 bits per heavy atom. The van der Waals surface area contributed by atoms with Crippen LogP contribution in [0.25, 0.3) is 0 Å². The van der Waals surface area contributed by atoms with Gasteiger partial charge in [-0.1, -0.05) is 30.0 Å². The van der Waals surface area contributed by atoms with Gasteiger partial charge in [-0.25, -0.2) is 4.79 Å². The summed E-state index contributed by atoms with van der Waals surface area (Å²) in [5.74, 6) is 4.12. The zero-order valence-corrected chi connectivity index (χ0v) is 17.0. The molecule has 0 bridgehead atoms. The molecule has 0 fully saturated rings. The molecule has 160 valence electrons. The van der Waals surface area contributed by atoms with Crippen LogP contribution in [-0.2, 0) is 26.9 Å². The summed E-state index contributed by atoms with van der Waals surface area (Å²) in [6.45, 7) is 6.29. The van der Waals surface area contributed by atoms with Gasteiger partial charge in [0, 0.05) is 5.56 Å². The Balaban J connectivity index is 2.37.